The van der Waals surface area contributed by atoms with Gasteiger partial charge in [-0.25, -0.2) is 0 Å². The summed E-state index contributed by atoms with van der Waals surface area (Å²) < 4.78 is 16.5. The van der Waals surface area contributed by atoms with Crippen LogP contribution in [-0.4, -0.2) is 13.2 Å². The van der Waals surface area contributed by atoms with Gasteiger partial charge in [-0.05, 0) is 36.8 Å². The van der Waals surface area contributed by atoms with Crippen LogP contribution in [-0.2, 0) is 13.1 Å². The molecule has 0 amide bonds. The molecule has 0 atom stereocenters. The van der Waals surface area contributed by atoms with Crippen LogP contribution in [0.15, 0.2) is 53.7 Å². The van der Waals surface area contributed by atoms with Gasteiger partial charge in [-0.3, -0.25) is 0 Å². The lowest BCUT2D eigenvalue weighted by Crippen LogP contribution is -3.00. The SMILES string of the molecule is C=CCOc1ccc(CNCc2ccco2)cc1OCC.[Cl-]. The lowest BCUT2D eigenvalue weighted by atomic mass is 10.2. The highest BCUT2D eigenvalue weighted by molar-refractivity contribution is 5.43. The third-order valence-corrected chi connectivity index (χ3v) is 2.87. The van der Waals surface area contributed by atoms with Crippen LogP contribution in [0.2, 0.25) is 0 Å². The fourth-order valence-corrected chi connectivity index (χ4v) is 1.94. The van der Waals surface area contributed by atoms with Crippen molar-refractivity contribution < 1.29 is 26.3 Å². The highest BCUT2D eigenvalue weighted by Crippen LogP contribution is 2.28. The van der Waals surface area contributed by atoms with Crippen molar-refractivity contribution in [2.24, 2.45) is 0 Å². The predicted octanol–water partition coefficient (Wildman–Crippen LogP) is 0.537. The van der Waals surface area contributed by atoms with Crippen molar-refractivity contribution in [2.45, 2.75) is 20.0 Å². The van der Waals surface area contributed by atoms with E-state index < -0.39 is 0 Å². The van der Waals surface area contributed by atoms with E-state index in [-0.39, 0.29) is 12.4 Å². The van der Waals surface area contributed by atoms with E-state index in [9.17, 15) is 0 Å². The van der Waals surface area contributed by atoms with Crippen molar-refractivity contribution in [1.82, 2.24) is 5.32 Å². The Balaban J connectivity index is 0.00000242. The van der Waals surface area contributed by atoms with Gasteiger partial charge in [0.2, 0.25) is 0 Å². The van der Waals surface area contributed by atoms with Gasteiger partial charge >= 0.3 is 0 Å². The maximum Gasteiger partial charge on any atom is 0.161 e. The lowest BCUT2D eigenvalue weighted by Gasteiger charge is -2.12. The Kier molecular flexibility index (Phi) is 8.18. The quantitative estimate of drug-likeness (QED) is 0.684. The number of hydrogen-bond donors (Lipinski definition) is 1. The molecule has 0 saturated heterocycles. The van der Waals surface area contributed by atoms with Crippen molar-refractivity contribution in [1.29, 1.82) is 0 Å². The van der Waals surface area contributed by atoms with E-state index in [0.717, 1.165) is 29.4 Å². The monoisotopic (exact) mass is 322 g/mol. The molecule has 1 aromatic carbocycles. The van der Waals surface area contributed by atoms with Crippen molar-refractivity contribution in [3.8, 4) is 11.5 Å². The molecule has 0 bridgehead atoms. The summed E-state index contributed by atoms with van der Waals surface area (Å²) in [6.07, 6.45) is 3.39. The zero-order valence-corrected chi connectivity index (χ0v) is 13.4. The van der Waals surface area contributed by atoms with E-state index in [1.165, 1.54) is 0 Å². The van der Waals surface area contributed by atoms with Gasteiger partial charge in [-0.15, -0.1) is 0 Å². The van der Waals surface area contributed by atoms with E-state index in [2.05, 4.69) is 11.9 Å². The van der Waals surface area contributed by atoms with Crippen molar-refractivity contribution >= 4 is 0 Å². The Hall–Kier alpha value is -1.91. The van der Waals surface area contributed by atoms with Gasteiger partial charge in [0, 0.05) is 6.54 Å². The van der Waals surface area contributed by atoms with Crippen LogP contribution >= 0.6 is 0 Å². The van der Waals surface area contributed by atoms with Gasteiger partial charge in [0.15, 0.2) is 11.5 Å². The Morgan fingerprint density at radius 3 is 2.73 bits per heavy atom. The lowest BCUT2D eigenvalue weighted by molar-refractivity contribution is -0.00000567. The van der Waals surface area contributed by atoms with Crippen LogP contribution in [0.4, 0.5) is 0 Å². The van der Waals surface area contributed by atoms with Crippen LogP contribution in [0.3, 0.4) is 0 Å². The topological polar surface area (TPSA) is 43.6 Å². The molecule has 5 heteroatoms. The van der Waals surface area contributed by atoms with Crippen molar-refractivity contribution in [3.63, 3.8) is 0 Å². The molecule has 0 spiro atoms. The molecule has 0 radical (unpaired) electrons. The highest BCUT2D eigenvalue weighted by atomic mass is 35.5. The molecule has 0 fully saturated rings. The average Bonchev–Trinajstić information content (AvgIpc) is 3.00. The molecule has 120 valence electrons. The van der Waals surface area contributed by atoms with E-state index in [0.29, 0.717) is 19.8 Å². The molecule has 0 aliphatic heterocycles. The van der Waals surface area contributed by atoms with E-state index in [1.54, 1.807) is 12.3 Å². The minimum absolute atomic E-state index is 0. The standard InChI is InChI=1S/C17H21NO3.ClH/c1-3-9-21-16-8-7-14(11-17(16)19-4-2)12-18-13-15-6-5-10-20-15;/h3,5-8,10-11,18H,1,4,9,12-13H2,2H3;1H/p-1. The third-order valence-electron chi connectivity index (χ3n) is 2.87. The van der Waals surface area contributed by atoms with Crippen LogP contribution in [0.1, 0.15) is 18.2 Å². The van der Waals surface area contributed by atoms with Gasteiger partial charge in [-0.1, -0.05) is 18.7 Å². The summed E-state index contributed by atoms with van der Waals surface area (Å²) in [6.45, 7) is 8.12. The summed E-state index contributed by atoms with van der Waals surface area (Å²) in [6, 6.07) is 9.78. The van der Waals surface area contributed by atoms with Crippen LogP contribution in [0.25, 0.3) is 0 Å². The molecule has 2 rings (SSSR count). The van der Waals surface area contributed by atoms with Crippen LogP contribution in [0, 0.1) is 0 Å². The van der Waals surface area contributed by atoms with Gasteiger partial charge in [0.1, 0.15) is 12.4 Å². The minimum atomic E-state index is 0. The number of furan rings is 1. The summed E-state index contributed by atoms with van der Waals surface area (Å²) >= 11 is 0. The second-order valence-electron chi connectivity index (χ2n) is 4.50. The summed E-state index contributed by atoms with van der Waals surface area (Å²) in [5.74, 6) is 2.43. The zero-order chi connectivity index (χ0) is 14.9. The Morgan fingerprint density at radius 1 is 1.18 bits per heavy atom. The van der Waals surface area contributed by atoms with E-state index >= 15 is 0 Å². The third kappa shape index (κ3) is 5.47. The number of rotatable bonds is 9. The average molecular weight is 323 g/mol. The first-order valence-electron chi connectivity index (χ1n) is 7.06. The Morgan fingerprint density at radius 2 is 2.05 bits per heavy atom. The Bertz CT molecular complexity index is 555. The van der Waals surface area contributed by atoms with Crippen molar-refractivity contribution in [3.05, 3.63) is 60.6 Å². The first kappa shape index (κ1) is 18.1. The van der Waals surface area contributed by atoms with E-state index in [4.69, 9.17) is 13.9 Å². The predicted molar refractivity (Wildman–Crippen MR) is 82.6 cm³/mol. The number of hydrogen-bond acceptors (Lipinski definition) is 4. The fourth-order valence-electron chi connectivity index (χ4n) is 1.94. The number of ether oxygens (including phenoxy) is 2. The van der Waals surface area contributed by atoms with Crippen molar-refractivity contribution in [2.75, 3.05) is 13.2 Å². The normalized spacial score (nSPS) is 9.86. The second-order valence-corrected chi connectivity index (χ2v) is 4.50. The number of nitrogens with one attached hydrogen (secondary N) is 1. The summed E-state index contributed by atoms with van der Waals surface area (Å²) in [7, 11) is 0. The molecule has 0 saturated carbocycles. The zero-order valence-electron chi connectivity index (χ0n) is 12.7. The second kappa shape index (κ2) is 9.92. The molecule has 4 nitrogen and oxygen atoms in total. The van der Waals surface area contributed by atoms with Gasteiger partial charge in [0.05, 0.1) is 19.4 Å². The fraction of sp³-hybridized carbons (Fsp3) is 0.294. The maximum absolute atomic E-state index is 5.62. The molecule has 1 heterocycles. The first-order valence-corrected chi connectivity index (χ1v) is 7.06. The largest absolute Gasteiger partial charge is 1.00 e. The van der Waals surface area contributed by atoms with E-state index in [1.807, 2.05) is 37.3 Å². The number of halogens is 1. The molecule has 0 unspecified atom stereocenters. The molecular weight excluding hydrogens is 302 g/mol. The van der Waals surface area contributed by atoms with Gasteiger partial charge in [-0.2, -0.15) is 0 Å². The molecule has 2 aromatic rings. The highest BCUT2D eigenvalue weighted by Gasteiger charge is 2.06. The summed E-state index contributed by atoms with van der Waals surface area (Å²) in [4.78, 5) is 0. The summed E-state index contributed by atoms with van der Waals surface area (Å²) in [5.41, 5.74) is 1.14. The molecule has 0 aliphatic rings. The van der Waals surface area contributed by atoms with Crippen LogP contribution < -0.4 is 27.2 Å². The summed E-state index contributed by atoms with van der Waals surface area (Å²) in [5, 5.41) is 3.33. The Labute approximate surface area is 137 Å². The molecular formula is C17H21ClNO3-. The maximum atomic E-state index is 5.62. The molecule has 1 aromatic heterocycles. The minimum Gasteiger partial charge on any atom is -1.00 e. The molecule has 22 heavy (non-hydrogen) atoms. The first-order chi connectivity index (χ1) is 10.3. The van der Waals surface area contributed by atoms with Gasteiger partial charge < -0.3 is 31.6 Å². The molecule has 0 aliphatic carbocycles. The van der Waals surface area contributed by atoms with Gasteiger partial charge in [0.25, 0.3) is 0 Å². The number of benzene rings is 1. The molecule has 1 N–H and O–H groups in total. The van der Waals surface area contributed by atoms with Crippen LogP contribution in [0.5, 0.6) is 11.5 Å². The smallest absolute Gasteiger partial charge is 0.161 e.